The van der Waals surface area contributed by atoms with Gasteiger partial charge in [0.25, 0.3) is 0 Å². The van der Waals surface area contributed by atoms with Crippen LogP contribution in [0, 0.1) is 152 Å². The molecule has 77 heavy (non-hydrogen) atoms. The molecule has 0 aromatic rings. The maximum Gasteiger partial charge on any atom is 0.333 e. The molecule has 10 fully saturated rings. The van der Waals surface area contributed by atoms with Gasteiger partial charge < -0.3 is 27.1 Å². The molecule has 10 aliphatic rings. The summed E-state index contributed by atoms with van der Waals surface area (Å²) in [6.45, 7) is 50.6. The van der Waals surface area contributed by atoms with Crippen LogP contribution >= 0.6 is 17.2 Å². The molecule has 0 aromatic carbocycles. The van der Waals surface area contributed by atoms with E-state index in [0.29, 0.717) is 118 Å². The summed E-state index contributed by atoms with van der Waals surface area (Å²) in [7, 11) is -3.13. The zero-order chi connectivity index (χ0) is 55.6. The number of hydrogen-bond acceptors (Lipinski definition) is 6. The molecule has 8 heteroatoms. The van der Waals surface area contributed by atoms with E-state index in [1.165, 1.54) is 96.3 Å². The van der Waals surface area contributed by atoms with E-state index >= 15 is 0 Å². The normalized spacial score (nSPS) is 52.1. The summed E-state index contributed by atoms with van der Waals surface area (Å²) in [4.78, 5) is 0. The lowest BCUT2D eigenvalue weighted by molar-refractivity contribution is -0.123. The Morgan fingerprint density at radius 3 is 0.870 bits per heavy atom. The number of hydrogen-bond donors (Lipinski definition) is 0. The maximum atomic E-state index is 7.97. The molecule has 24 unspecified atom stereocenters. The van der Waals surface area contributed by atoms with Gasteiger partial charge >= 0.3 is 17.2 Å². The Labute approximate surface area is 478 Å². The topological polar surface area (TPSA) is 55.4 Å². The van der Waals surface area contributed by atoms with Crippen LogP contribution in [-0.2, 0) is 27.1 Å². The first-order valence-electron chi connectivity index (χ1n) is 33.6. The lowest BCUT2D eigenvalue weighted by atomic mass is 9.51. The van der Waals surface area contributed by atoms with Gasteiger partial charge in [0.1, 0.15) is 0 Å². The molecule has 0 aromatic heterocycles. The van der Waals surface area contributed by atoms with Gasteiger partial charge in [-0.05, 0) is 222 Å². The van der Waals surface area contributed by atoms with Gasteiger partial charge in [-0.2, -0.15) is 0 Å². The molecule has 2 saturated heterocycles. The highest BCUT2D eigenvalue weighted by molar-refractivity contribution is 7.42. The highest BCUT2D eigenvalue weighted by Crippen LogP contribution is 2.68. The number of rotatable bonds is 6. The minimum absolute atomic E-state index is 0.136. The van der Waals surface area contributed by atoms with Crippen molar-refractivity contribution in [1.29, 1.82) is 0 Å². The van der Waals surface area contributed by atoms with Gasteiger partial charge in [0.2, 0.25) is 0 Å². The standard InChI is InChI=1S/C69H122O6P2/c1-38-33-52(66(9,10)11)62-58(42(38)5)59-43(6)39(2)34-53(67(12,13)14)63(59)73-76(72-62)70-56-31-29-46-25-21-23-27-48(46)50(56)37-51-49-28-24-22-26-47(49)30-32-57(51)71-77-74-64-54(68(15,16)17)35-40(3)44(7)60(64)61-45(8)41(4)36-55(65(61)75-77)69(18,19)20/h38-65H,21-37H2,1-20H3/t38-,39?,40-,41?,42-,43?,44-,45?,46?,47?,48?,49?,50?,51?,52?,53-,54?,55-,56?,57?,58?,59?,60?,61?,62?,63?,64?,65?,76?,77?/m1/s1. The van der Waals surface area contributed by atoms with Crippen molar-refractivity contribution in [2.75, 3.05) is 0 Å². The molecule has 8 aliphatic carbocycles. The van der Waals surface area contributed by atoms with Gasteiger partial charge in [0.15, 0.2) is 0 Å². The van der Waals surface area contributed by atoms with Gasteiger partial charge in [-0.1, -0.05) is 177 Å². The predicted molar refractivity (Wildman–Crippen MR) is 322 cm³/mol. The molecular weight excluding hydrogens is 987 g/mol. The number of fused-ring (bicyclic) bond motifs is 8. The Morgan fingerprint density at radius 2 is 0.610 bits per heavy atom. The van der Waals surface area contributed by atoms with Crippen molar-refractivity contribution in [3.63, 3.8) is 0 Å². The summed E-state index contributed by atoms with van der Waals surface area (Å²) < 4.78 is 47.4. The van der Waals surface area contributed by atoms with Crippen LogP contribution in [0.2, 0.25) is 0 Å². The lowest BCUT2D eigenvalue weighted by Crippen LogP contribution is -2.56. The van der Waals surface area contributed by atoms with Gasteiger partial charge in [0.05, 0.1) is 36.6 Å². The van der Waals surface area contributed by atoms with E-state index in [0.717, 1.165) is 24.7 Å². The van der Waals surface area contributed by atoms with Crippen molar-refractivity contribution in [1.82, 2.24) is 0 Å². The Bertz CT molecular complexity index is 1720. The van der Waals surface area contributed by atoms with Crippen molar-refractivity contribution < 1.29 is 27.1 Å². The lowest BCUT2D eigenvalue weighted by Gasteiger charge is -2.56. The molecule has 0 radical (unpaired) electrons. The summed E-state index contributed by atoms with van der Waals surface area (Å²) in [5.74, 6) is 12.7. The van der Waals surface area contributed by atoms with E-state index in [2.05, 4.69) is 138 Å². The average Bonchev–Trinajstić information content (AvgIpc) is 3.73. The first-order chi connectivity index (χ1) is 36.0. The van der Waals surface area contributed by atoms with Crippen LogP contribution in [0.1, 0.15) is 248 Å². The fourth-order valence-corrected chi connectivity index (χ4v) is 24.3. The van der Waals surface area contributed by atoms with Crippen LogP contribution in [0.5, 0.6) is 0 Å². The zero-order valence-corrected chi connectivity index (χ0v) is 55.3. The van der Waals surface area contributed by atoms with Crippen LogP contribution < -0.4 is 0 Å². The predicted octanol–water partition coefficient (Wildman–Crippen LogP) is 20.4. The SMILES string of the molecule is CC1C[C@@H](C(C)(C)C)C2OP(OC3CCC4CCCCC4C3CC3C(OP4OC5C(C6C(C)C(C)C[C@@H](C(C)(C)C)C6O4)[C@H](C)[C@H](C)CC5C(C)(C)C)CCC4CCCCC43)OC3C(C2C1C)[C@H](C)[C@H](C)CC3C(C)(C)C. The first kappa shape index (κ1) is 60.7. The Hall–Kier alpha value is 0.620. The Balaban J connectivity index is 1.00. The summed E-state index contributed by atoms with van der Waals surface area (Å²) in [5.41, 5.74) is 0.544. The molecule has 0 bridgehead atoms. The molecule has 0 N–H and O–H groups in total. The Kier molecular flexibility index (Phi) is 18.2. The summed E-state index contributed by atoms with van der Waals surface area (Å²) in [6, 6.07) is 0. The van der Waals surface area contributed by atoms with E-state index < -0.39 is 17.2 Å². The smallest absolute Gasteiger partial charge is 0.309 e. The minimum Gasteiger partial charge on any atom is -0.309 e. The average molecular weight is 1110 g/mol. The summed E-state index contributed by atoms with van der Waals surface area (Å²) in [6.07, 6.45) is 22.9. The van der Waals surface area contributed by atoms with Gasteiger partial charge in [-0.3, -0.25) is 0 Å². The molecule has 2 heterocycles. The van der Waals surface area contributed by atoms with Crippen molar-refractivity contribution in [2.45, 2.75) is 284 Å². The van der Waals surface area contributed by atoms with Crippen LogP contribution in [0.3, 0.4) is 0 Å². The monoisotopic (exact) mass is 1110 g/mol. The van der Waals surface area contributed by atoms with Crippen LogP contribution in [0.25, 0.3) is 0 Å². The van der Waals surface area contributed by atoms with Crippen LogP contribution in [0.4, 0.5) is 0 Å². The van der Waals surface area contributed by atoms with E-state index in [1.54, 1.807) is 0 Å². The van der Waals surface area contributed by atoms with Gasteiger partial charge in [0, 0.05) is 0 Å². The molecule has 444 valence electrons. The fraction of sp³-hybridized carbons (Fsp3) is 1.00. The third-order valence-corrected chi connectivity index (χ3v) is 29.0. The highest BCUT2D eigenvalue weighted by Gasteiger charge is 2.63. The highest BCUT2D eigenvalue weighted by atomic mass is 31.2. The van der Waals surface area contributed by atoms with Crippen molar-refractivity contribution in [2.24, 2.45) is 152 Å². The molecule has 8 saturated carbocycles. The third-order valence-electron chi connectivity index (χ3n) is 26.4. The molecule has 30 atom stereocenters. The zero-order valence-electron chi connectivity index (χ0n) is 53.5. The quantitative estimate of drug-likeness (QED) is 0.247. The van der Waals surface area contributed by atoms with Crippen LogP contribution in [0.15, 0.2) is 0 Å². The minimum atomic E-state index is -1.57. The second-order valence-corrected chi connectivity index (χ2v) is 36.8. The summed E-state index contributed by atoms with van der Waals surface area (Å²) in [5, 5.41) is 0. The molecule has 2 aliphatic heterocycles. The second kappa shape index (κ2) is 23.1. The largest absolute Gasteiger partial charge is 0.333 e. The summed E-state index contributed by atoms with van der Waals surface area (Å²) >= 11 is 0. The molecule has 0 amide bonds. The molecule has 6 nitrogen and oxygen atoms in total. The van der Waals surface area contributed by atoms with Crippen molar-refractivity contribution >= 4 is 17.2 Å². The molecule has 10 rings (SSSR count). The fourth-order valence-electron chi connectivity index (χ4n) is 21.1. The van der Waals surface area contributed by atoms with E-state index in [-0.39, 0.29) is 58.3 Å². The molecular formula is C69H122O6P2. The van der Waals surface area contributed by atoms with Crippen molar-refractivity contribution in [3.8, 4) is 0 Å². The van der Waals surface area contributed by atoms with Gasteiger partial charge in [-0.25, -0.2) is 0 Å². The van der Waals surface area contributed by atoms with Crippen molar-refractivity contribution in [3.05, 3.63) is 0 Å². The first-order valence-corrected chi connectivity index (χ1v) is 35.8. The van der Waals surface area contributed by atoms with E-state index in [1.807, 2.05) is 0 Å². The van der Waals surface area contributed by atoms with E-state index in [9.17, 15) is 0 Å². The second-order valence-electron chi connectivity index (χ2n) is 34.6. The van der Waals surface area contributed by atoms with E-state index in [4.69, 9.17) is 27.1 Å². The van der Waals surface area contributed by atoms with Gasteiger partial charge in [-0.15, -0.1) is 0 Å². The molecule has 0 spiro atoms. The Morgan fingerprint density at radius 1 is 0.351 bits per heavy atom. The third kappa shape index (κ3) is 12.0. The maximum absolute atomic E-state index is 7.97. The van der Waals surface area contributed by atoms with Crippen LogP contribution in [-0.4, -0.2) is 36.6 Å².